The predicted octanol–water partition coefficient (Wildman–Crippen LogP) is 3.40. The van der Waals surface area contributed by atoms with E-state index in [1.54, 1.807) is 12.1 Å². The van der Waals surface area contributed by atoms with E-state index < -0.39 is 0 Å². The fourth-order valence-corrected chi connectivity index (χ4v) is 4.60. The van der Waals surface area contributed by atoms with Crippen LogP contribution in [-0.2, 0) is 19.7 Å². The summed E-state index contributed by atoms with van der Waals surface area (Å²) in [7, 11) is 0. The number of piperidine rings is 1. The van der Waals surface area contributed by atoms with Gasteiger partial charge >= 0.3 is 0 Å². The number of aliphatic hydroxyl groups excluding tert-OH is 1. The molecular weight excluding hydrogens is 331 g/mol. The minimum absolute atomic E-state index is 0.0394. The molecule has 0 amide bonds. The number of furan rings is 1. The molecule has 140 valence electrons. The molecule has 2 aliphatic heterocycles. The van der Waals surface area contributed by atoms with Crippen LogP contribution in [0.5, 0.6) is 0 Å². The van der Waals surface area contributed by atoms with Gasteiger partial charge in [-0.1, -0.05) is 12.1 Å². The zero-order valence-corrected chi connectivity index (χ0v) is 15.2. The smallest absolute Gasteiger partial charge is 0.129 e. The van der Waals surface area contributed by atoms with Gasteiger partial charge in [0.05, 0.1) is 6.54 Å². The highest BCUT2D eigenvalue weighted by atomic mass is 19.1. The number of hydrogen-bond acceptors (Lipinski definition) is 4. The van der Waals surface area contributed by atoms with E-state index in [1.807, 2.05) is 24.3 Å². The number of rotatable bonds is 5. The van der Waals surface area contributed by atoms with E-state index in [0.29, 0.717) is 11.2 Å². The van der Waals surface area contributed by atoms with E-state index in [0.717, 1.165) is 45.0 Å². The monoisotopic (exact) mass is 358 g/mol. The van der Waals surface area contributed by atoms with Crippen molar-refractivity contribution < 1.29 is 13.9 Å². The predicted molar refractivity (Wildman–Crippen MR) is 97.9 cm³/mol. The molecule has 0 unspecified atom stereocenters. The maximum Gasteiger partial charge on any atom is 0.129 e. The van der Waals surface area contributed by atoms with Crippen molar-refractivity contribution in [3.8, 4) is 0 Å². The number of halogens is 1. The van der Waals surface area contributed by atoms with Crippen molar-refractivity contribution in [2.24, 2.45) is 5.41 Å². The summed E-state index contributed by atoms with van der Waals surface area (Å²) in [6.45, 7) is 6.11. The molecule has 0 saturated carbocycles. The summed E-state index contributed by atoms with van der Waals surface area (Å²) in [6, 6.07) is 10.7. The first-order chi connectivity index (χ1) is 12.6. The van der Waals surface area contributed by atoms with Gasteiger partial charge in [0.15, 0.2) is 0 Å². The lowest BCUT2D eigenvalue weighted by Gasteiger charge is -2.40. The largest absolute Gasteiger partial charge is 0.462 e. The Hall–Kier alpha value is -1.69. The molecule has 1 atom stereocenters. The Morgan fingerprint density at radius 2 is 1.65 bits per heavy atom. The fraction of sp³-hybridized carbons (Fsp3) is 0.524. The van der Waals surface area contributed by atoms with Gasteiger partial charge in [0, 0.05) is 19.6 Å². The van der Waals surface area contributed by atoms with E-state index in [2.05, 4.69) is 9.80 Å². The van der Waals surface area contributed by atoms with Crippen LogP contribution in [0.3, 0.4) is 0 Å². The zero-order chi connectivity index (χ0) is 18.0. The van der Waals surface area contributed by atoms with Gasteiger partial charge in [-0.05, 0) is 67.6 Å². The number of nitrogens with zero attached hydrogens (tertiary/aromatic N) is 2. The van der Waals surface area contributed by atoms with E-state index in [-0.39, 0.29) is 12.4 Å². The topological polar surface area (TPSA) is 39.9 Å². The van der Waals surface area contributed by atoms with Crippen LogP contribution in [0.15, 0.2) is 40.8 Å². The number of benzene rings is 1. The van der Waals surface area contributed by atoms with Crippen LogP contribution in [0, 0.1) is 11.2 Å². The standard InChI is InChI=1S/C21H27FN2O2/c22-18-4-2-17(3-5-18)12-23-10-1-8-21(15-23)9-11-24(16-21)13-19-6-7-20(14-25)26-19/h2-7,25H,1,8-16H2/t21-/m1/s1. The van der Waals surface area contributed by atoms with E-state index in [1.165, 1.54) is 24.8 Å². The highest BCUT2D eigenvalue weighted by Gasteiger charge is 2.41. The second-order valence-corrected chi connectivity index (χ2v) is 7.93. The fourth-order valence-electron chi connectivity index (χ4n) is 4.60. The zero-order valence-electron chi connectivity index (χ0n) is 15.2. The van der Waals surface area contributed by atoms with Gasteiger partial charge in [0.1, 0.15) is 23.9 Å². The Morgan fingerprint density at radius 1 is 0.923 bits per heavy atom. The summed E-state index contributed by atoms with van der Waals surface area (Å²) in [6.07, 6.45) is 3.73. The van der Waals surface area contributed by atoms with E-state index >= 15 is 0 Å². The molecule has 2 aromatic rings. The molecule has 2 aliphatic rings. The summed E-state index contributed by atoms with van der Waals surface area (Å²) in [5.41, 5.74) is 1.55. The molecule has 0 aliphatic carbocycles. The molecule has 1 aromatic carbocycles. The molecule has 0 bridgehead atoms. The normalized spacial score (nSPS) is 24.5. The SMILES string of the molecule is OCc1ccc(CN2CC[C@@]3(CCCN(Cc4ccc(F)cc4)C3)C2)o1. The summed E-state index contributed by atoms with van der Waals surface area (Å²) < 4.78 is 18.8. The van der Waals surface area contributed by atoms with Crippen molar-refractivity contribution in [1.82, 2.24) is 9.80 Å². The third-order valence-electron chi connectivity index (χ3n) is 5.83. The van der Waals surface area contributed by atoms with Crippen LogP contribution in [-0.4, -0.2) is 41.1 Å². The van der Waals surface area contributed by atoms with Gasteiger partial charge in [0.25, 0.3) is 0 Å². The highest BCUT2D eigenvalue weighted by Crippen LogP contribution is 2.39. The van der Waals surface area contributed by atoms with Crippen LogP contribution >= 0.6 is 0 Å². The summed E-state index contributed by atoms with van der Waals surface area (Å²) in [4.78, 5) is 5.00. The Bertz CT molecular complexity index is 730. The van der Waals surface area contributed by atoms with Crippen molar-refractivity contribution in [2.45, 2.75) is 39.0 Å². The molecular formula is C21H27FN2O2. The lowest BCUT2D eigenvalue weighted by Crippen LogP contribution is -2.44. The summed E-state index contributed by atoms with van der Waals surface area (Å²) >= 11 is 0. The summed E-state index contributed by atoms with van der Waals surface area (Å²) in [5, 5.41) is 9.14. The van der Waals surface area contributed by atoms with Crippen LogP contribution in [0.25, 0.3) is 0 Å². The van der Waals surface area contributed by atoms with Gasteiger partial charge in [-0.25, -0.2) is 4.39 Å². The average molecular weight is 358 g/mol. The number of aliphatic hydroxyl groups is 1. The molecule has 4 nitrogen and oxygen atoms in total. The molecule has 2 saturated heterocycles. The van der Waals surface area contributed by atoms with Gasteiger partial charge in [-0.3, -0.25) is 9.80 Å². The van der Waals surface area contributed by atoms with Gasteiger partial charge in [0.2, 0.25) is 0 Å². The average Bonchev–Trinajstić information content (AvgIpc) is 3.25. The molecule has 1 aromatic heterocycles. The minimum atomic E-state index is -0.169. The molecule has 5 heteroatoms. The van der Waals surface area contributed by atoms with Crippen molar-refractivity contribution in [1.29, 1.82) is 0 Å². The minimum Gasteiger partial charge on any atom is -0.462 e. The maximum absolute atomic E-state index is 13.1. The maximum atomic E-state index is 13.1. The lowest BCUT2D eigenvalue weighted by molar-refractivity contribution is 0.0856. The lowest BCUT2D eigenvalue weighted by atomic mass is 9.79. The number of likely N-dealkylation sites (tertiary alicyclic amines) is 2. The molecule has 2 fully saturated rings. The highest BCUT2D eigenvalue weighted by molar-refractivity contribution is 5.16. The van der Waals surface area contributed by atoms with Gasteiger partial charge in [-0.2, -0.15) is 0 Å². The Balaban J connectivity index is 1.35. The van der Waals surface area contributed by atoms with Crippen molar-refractivity contribution >= 4 is 0 Å². The Kier molecular flexibility index (Phi) is 5.11. The molecule has 1 N–H and O–H groups in total. The second kappa shape index (κ2) is 7.51. The van der Waals surface area contributed by atoms with Crippen LogP contribution in [0.1, 0.15) is 36.3 Å². The quantitative estimate of drug-likeness (QED) is 0.889. The third kappa shape index (κ3) is 4.00. The molecule has 1 spiro atoms. The molecule has 0 radical (unpaired) electrons. The van der Waals surface area contributed by atoms with Crippen molar-refractivity contribution in [3.05, 3.63) is 59.3 Å². The molecule has 3 heterocycles. The number of hydrogen-bond donors (Lipinski definition) is 1. The molecule has 4 rings (SSSR count). The Labute approximate surface area is 154 Å². The second-order valence-electron chi connectivity index (χ2n) is 7.93. The first kappa shape index (κ1) is 17.7. The first-order valence-electron chi connectivity index (χ1n) is 9.52. The first-order valence-corrected chi connectivity index (χ1v) is 9.52. The van der Waals surface area contributed by atoms with E-state index in [9.17, 15) is 4.39 Å². The van der Waals surface area contributed by atoms with E-state index in [4.69, 9.17) is 9.52 Å². The summed E-state index contributed by atoms with van der Waals surface area (Å²) in [5.74, 6) is 1.40. The van der Waals surface area contributed by atoms with Crippen LogP contribution in [0.2, 0.25) is 0 Å². The van der Waals surface area contributed by atoms with Crippen molar-refractivity contribution in [2.75, 3.05) is 26.2 Å². The van der Waals surface area contributed by atoms with Crippen molar-refractivity contribution in [3.63, 3.8) is 0 Å². The molecule has 26 heavy (non-hydrogen) atoms. The van der Waals surface area contributed by atoms with Gasteiger partial charge in [-0.15, -0.1) is 0 Å². The van der Waals surface area contributed by atoms with Gasteiger partial charge < -0.3 is 9.52 Å². The Morgan fingerprint density at radius 3 is 2.38 bits per heavy atom. The van der Waals surface area contributed by atoms with Crippen LogP contribution in [0.4, 0.5) is 4.39 Å². The van der Waals surface area contributed by atoms with Crippen LogP contribution < -0.4 is 0 Å². The third-order valence-corrected chi connectivity index (χ3v) is 5.83.